The molecule has 0 aromatic heterocycles. The zero-order valence-electron chi connectivity index (χ0n) is 6.27. The van der Waals surface area contributed by atoms with Gasteiger partial charge in [0.2, 0.25) is 0 Å². The SMILES string of the molecule is O=C(Cl)c1ccccc1S(=O)(=O)O. The molecule has 1 aromatic rings. The monoisotopic (exact) mass is 220 g/mol. The molecule has 0 amide bonds. The number of halogens is 1. The maximum Gasteiger partial charge on any atom is 0.295 e. The maximum absolute atomic E-state index is 10.7. The Balaban J connectivity index is 3.46. The lowest BCUT2D eigenvalue weighted by atomic mass is 10.2. The fourth-order valence-electron chi connectivity index (χ4n) is 0.854. The van der Waals surface area contributed by atoms with Gasteiger partial charge in [-0.2, -0.15) is 8.42 Å². The van der Waals surface area contributed by atoms with Gasteiger partial charge in [0.1, 0.15) is 4.90 Å². The number of hydrogen-bond acceptors (Lipinski definition) is 3. The Morgan fingerprint density at radius 3 is 2.23 bits per heavy atom. The van der Waals surface area contributed by atoms with E-state index in [1.165, 1.54) is 18.2 Å². The first-order chi connectivity index (χ1) is 5.93. The first-order valence-electron chi connectivity index (χ1n) is 3.19. The van der Waals surface area contributed by atoms with Crippen LogP contribution >= 0.6 is 11.6 Å². The topological polar surface area (TPSA) is 71.4 Å². The normalized spacial score (nSPS) is 11.2. The highest BCUT2D eigenvalue weighted by atomic mass is 35.5. The predicted octanol–water partition coefficient (Wildman–Crippen LogP) is 1.31. The highest BCUT2D eigenvalue weighted by molar-refractivity contribution is 7.86. The quantitative estimate of drug-likeness (QED) is 0.603. The van der Waals surface area contributed by atoms with E-state index in [1.807, 2.05) is 0 Å². The van der Waals surface area contributed by atoms with Crippen molar-refractivity contribution >= 4 is 27.0 Å². The van der Waals surface area contributed by atoms with Crippen LogP contribution in [0.3, 0.4) is 0 Å². The van der Waals surface area contributed by atoms with Crippen LogP contribution in [0, 0.1) is 0 Å². The summed E-state index contributed by atoms with van der Waals surface area (Å²) >= 11 is 5.10. The Kier molecular flexibility index (Phi) is 2.70. The molecular weight excluding hydrogens is 216 g/mol. The van der Waals surface area contributed by atoms with E-state index < -0.39 is 20.3 Å². The minimum absolute atomic E-state index is 0.230. The van der Waals surface area contributed by atoms with Crippen LogP contribution in [0.5, 0.6) is 0 Å². The van der Waals surface area contributed by atoms with Crippen LogP contribution in [0.4, 0.5) is 0 Å². The molecule has 1 N–H and O–H groups in total. The van der Waals surface area contributed by atoms with E-state index in [0.29, 0.717) is 0 Å². The van der Waals surface area contributed by atoms with Crippen molar-refractivity contribution in [2.45, 2.75) is 4.90 Å². The van der Waals surface area contributed by atoms with E-state index in [0.717, 1.165) is 6.07 Å². The van der Waals surface area contributed by atoms with Crippen molar-refractivity contribution in [1.29, 1.82) is 0 Å². The molecule has 1 rings (SSSR count). The summed E-state index contributed by atoms with van der Waals surface area (Å²) < 4.78 is 30.1. The number of carbonyl (C=O) groups excluding carboxylic acids is 1. The summed E-state index contributed by atoms with van der Waals surface area (Å²) in [4.78, 5) is 10.2. The summed E-state index contributed by atoms with van der Waals surface area (Å²) in [6, 6.07) is 5.15. The zero-order valence-corrected chi connectivity index (χ0v) is 7.84. The van der Waals surface area contributed by atoms with Gasteiger partial charge in [0, 0.05) is 0 Å². The summed E-state index contributed by atoms with van der Waals surface area (Å²) in [6.07, 6.45) is 0. The van der Waals surface area contributed by atoms with Gasteiger partial charge < -0.3 is 0 Å². The van der Waals surface area contributed by atoms with Crippen molar-refractivity contribution in [2.75, 3.05) is 0 Å². The van der Waals surface area contributed by atoms with Crippen molar-refractivity contribution in [3.8, 4) is 0 Å². The number of hydrogen-bond donors (Lipinski definition) is 1. The molecule has 0 saturated carbocycles. The van der Waals surface area contributed by atoms with Gasteiger partial charge in [-0.1, -0.05) is 12.1 Å². The largest absolute Gasteiger partial charge is 0.295 e. The molecule has 0 saturated heterocycles. The molecule has 0 heterocycles. The van der Waals surface area contributed by atoms with E-state index in [4.69, 9.17) is 16.2 Å². The molecule has 1 aromatic carbocycles. The van der Waals surface area contributed by atoms with Crippen LogP contribution < -0.4 is 0 Å². The van der Waals surface area contributed by atoms with Crippen LogP contribution in [0.15, 0.2) is 29.2 Å². The molecular formula is C7H5ClO4S. The van der Waals surface area contributed by atoms with Crippen LogP contribution in [0.1, 0.15) is 10.4 Å². The van der Waals surface area contributed by atoms with Crippen molar-refractivity contribution in [1.82, 2.24) is 0 Å². The number of rotatable bonds is 2. The summed E-state index contributed by atoms with van der Waals surface area (Å²) in [5, 5.41) is -0.923. The lowest BCUT2D eigenvalue weighted by Crippen LogP contribution is -2.04. The highest BCUT2D eigenvalue weighted by Gasteiger charge is 2.17. The van der Waals surface area contributed by atoms with Crippen molar-refractivity contribution in [2.24, 2.45) is 0 Å². The van der Waals surface area contributed by atoms with E-state index in [9.17, 15) is 13.2 Å². The molecule has 6 heteroatoms. The third-order valence-corrected chi connectivity index (χ3v) is 2.49. The average Bonchev–Trinajstić information content (AvgIpc) is 2.03. The zero-order chi connectivity index (χ0) is 10.1. The second kappa shape index (κ2) is 3.45. The highest BCUT2D eigenvalue weighted by Crippen LogP contribution is 2.16. The minimum atomic E-state index is -4.38. The van der Waals surface area contributed by atoms with Gasteiger partial charge in [-0.25, -0.2) is 0 Å². The third kappa shape index (κ3) is 2.27. The van der Waals surface area contributed by atoms with Crippen LogP contribution in [0.2, 0.25) is 0 Å². The van der Waals surface area contributed by atoms with Gasteiger partial charge >= 0.3 is 0 Å². The fraction of sp³-hybridized carbons (Fsp3) is 0. The van der Waals surface area contributed by atoms with E-state index in [2.05, 4.69) is 0 Å². The number of carbonyl (C=O) groups is 1. The molecule has 0 aliphatic carbocycles. The molecule has 0 radical (unpaired) electrons. The third-order valence-electron chi connectivity index (χ3n) is 1.38. The van der Waals surface area contributed by atoms with Gasteiger partial charge in [-0.3, -0.25) is 9.35 Å². The van der Waals surface area contributed by atoms with Gasteiger partial charge in [0.25, 0.3) is 15.4 Å². The average molecular weight is 221 g/mol. The second-order valence-electron chi connectivity index (χ2n) is 2.24. The standard InChI is InChI=1S/C7H5ClO4S/c8-7(9)5-3-1-2-4-6(5)13(10,11)12/h1-4H,(H,10,11,12). The van der Waals surface area contributed by atoms with E-state index in [-0.39, 0.29) is 5.56 Å². The summed E-state index contributed by atoms with van der Waals surface area (Å²) in [6.45, 7) is 0. The van der Waals surface area contributed by atoms with E-state index in [1.54, 1.807) is 0 Å². The van der Waals surface area contributed by atoms with Crippen LogP contribution in [-0.4, -0.2) is 18.2 Å². The van der Waals surface area contributed by atoms with E-state index >= 15 is 0 Å². The second-order valence-corrected chi connectivity index (χ2v) is 3.98. The molecule has 0 aliphatic heterocycles. The van der Waals surface area contributed by atoms with Gasteiger partial charge in [-0.15, -0.1) is 0 Å². The van der Waals surface area contributed by atoms with Crippen molar-refractivity contribution in [3.05, 3.63) is 29.8 Å². The van der Waals surface area contributed by atoms with Gasteiger partial charge in [-0.05, 0) is 23.7 Å². The Morgan fingerprint density at radius 1 is 1.31 bits per heavy atom. The summed E-state index contributed by atoms with van der Waals surface area (Å²) in [5.74, 6) is 0. The lowest BCUT2D eigenvalue weighted by Gasteiger charge is -2.00. The van der Waals surface area contributed by atoms with Crippen LogP contribution in [-0.2, 0) is 10.1 Å². The predicted molar refractivity (Wildman–Crippen MR) is 46.4 cm³/mol. The fourth-order valence-corrected chi connectivity index (χ4v) is 1.76. The molecule has 70 valence electrons. The first kappa shape index (κ1) is 10.2. The molecule has 0 fully saturated rings. The Labute approximate surface area is 79.9 Å². The molecule has 13 heavy (non-hydrogen) atoms. The first-order valence-corrected chi connectivity index (χ1v) is 5.01. The minimum Gasteiger partial charge on any atom is -0.282 e. The summed E-state index contributed by atoms with van der Waals surface area (Å²) in [7, 11) is -4.38. The Bertz CT molecular complexity index is 438. The number of benzene rings is 1. The van der Waals surface area contributed by atoms with Crippen LogP contribution in [0.25, 0.3) is 0 Å². The lowest BCUT2D eigenvalue weighted by molar-refractivity contribution is 0.107. The van der Waals surface area contributed by atoms with Crippen molar-refractivity contribution < 1.29 is 17.8 Å². The maximum atomic E-state index is 10.7. The summed E-state index contributed by atoms with van der Waals surface area (Å²) in [5.41, 5.74) is -0.230. The van der Waals surface area contributed by atoms with Gasteiger partial charge in [0.15, 0.2) is 0 Å². The molecule has 0 aliphatic rings. The smallest absolute Gasteiger partial charge is 0.282 e. The molecule has 0 bridgehead atoms. The Hall–Kier alpha value is -0.910. The van der Waals surface area contributed by atoms with Crippen molar-refractivity contribution in [3.63, 3.8) is 0 Å². The van der Waals surface area contributed by atoms with Gasteiger partial charge in [0.05, 0.1) is 5.56 Å². The molecule has 0 spiro atoms. The molecule has 0 unspecified atom stereocenters. The Morgan fingerprint density at radius 2 is 1.85 bits per heavy atom. The molecule has 0 atom stereocenters. The molecule has 4 nitrogen and oxygen atoms in total.